The Kier molecular flexibility index (Phi) is 8.74. The van der Waals surface area contributed by atoms with Gasteiger partial charge in [-0.05, 0) is 22.3 Å². The molecule has 2 aromatic carbocycles. The first kappa shape index (κ1) is 25.7. The summed E-state index contributed by atoms with van der Waals surface area (Å²) >= 11 is 0. The van der Waals surface area contributed by atoms with Gasteiger partial charge in [0.1, 0.15) is 12.1 Å². The van der Waals surface area contributed by atoms with Crippen molar-refractivity contribution in [3.63, 3.8) is 0 Å². The van der Waals surface area contributed by atoms with E-state index < -0.39 is 38.4 Å². The highest BCUT2D eigenvalue weighted by Gasteiger charge is 2.50. The zero-order valence-electron chi connectivity index (χ0n) is 19.4. The first-order valence-corrected chi connectivity index (χ1v) is 12.5. The summed E-state index contributed by atoms with van der Waals surface area (Å²) in [5.74, 6) is -1.30. The monoisotopic (exact) mass is 458 g/mol. The number of hydrogen-bond acceptors (Lipinski definition) is 6. The minimum absolute atomic E-state index is 0.0990. The first-order valence-electron chi connectivity index (χ1n) is 10.6. The number of aliphatic hydroxyl groups excluding tert-OH is 1. The first-order chi connectivity index (χ1) is 15.0. The molecule has 0 unspecified atom stereocenters. The molecule has 174 valence electrons. The van der Waals surface area contributed by atoms with Crippen molar-refractivity contribution in [1.29, 1.82) is 0 Å². The second-order valence-corrected chi connectivity index (χ2v) is 13.1. The van der Waals surface area contributed by atoms with Crippen molar-refractivity contribution in [2.75, 3.05) is 13.7 Å². The van der Waals surface area contributed by atoms with E-state index in [1.807, 2.05) is 60.7 Å². The summed E-state index contributed by atoms with van der Waals surface area (Å²) in [7, 11) is -1.66. The highest BCUT2D eigenvalue weighted by atomic mass is 28.4. The zero-order chi connectivity index (χ0) is 23.9. The predicted molar refractivity (Wildman–Crippen MR) is 127 cm³/mol. The van der Waals surface area contributed by atoms with Gasteiger partial charge in [-0.1, -0.05) is 81.4 Å². The summed E-state index contributed by atoms with van der Waals surface area (Å²) in [6, 6.07) is 17.7. The van der Waals surface area contributed by atoms with Gasteiger partial charge in [0.15, 0.2) is 0 Å². The Labute approximate surface area is 191 Å². The van der Waals surface area contributed by atoms with Crippen LogP contribution in [0.4, 0.5) is 0 Å². The maximum atomic E-state index is 12.5. The number of aliphatic hydroxyl groups is 1. The van der Waals surface area contributed by atoms with E-state index in [4.69, 9.17) is 14.9 Å². The molecular weight excluding hydrogens is 424 g/mol. The summed E-state index contributed by atoms with van der Waals surface area (Å²) in [5.41, 5.74) is 5.74. The summed E-state index contributed by atoms with van der Waals surface area (Å²) < 4.78 is 11.6. The molecule has 0 saturated heterocycles. The van der Waals surface area contributed by atoms with Gasteiger partial charge in [-0.3, -0.25) is 4.79 Å². The second-order valence-electron chi connectivity index (χ2n) is 8.82. The van der Waals surface area contributed by atoms with E-state index >= 15 is 0 Å². The van der Waals surface area contributed by atoms with Crippen molar-refractivity contribution in [2.45, 2.75) is 50.9 Å². The van der Waals surface area contributed by atoms with Crippen LogP contribution in [0.15, 0.2) is 60.7 Å². The largest absolute Gasteiger partial charge is 0.467 e. The lowest BCUT2D eigenvalue weighted by Gasteiger charge is -2.43. The van der Waals surface area contributed by atoms with Crippen molar-refractivity contribution in [1.82, 2.24) is 5.32 Å². The summed E-state index contributed by atoms with van der Waals surface area (Å²) in [4.78, 5) is 24.9. The Morgan fingerprint density at radius 1 is 1.03 bits per heavy atom. The Balaban J connectivity index is 2.48. The molecule has 2 rings (SSSR count). The number of amides is 1. The molecule has 3 atom stereocenters. The van der Waals surface area contributed by atoms with Crippen LogP contribution < -0.4 is 21.4 Å². The van der Waals surface area contributed by atoms with E-state index in [0.29, 0.717) is 0 Å². The average Bonchev–Trinajstić information content (AvgIpc) is 2.77. The molecule has 7 nitrogen and oxygen atoms in total. The summed E-state index contributed by atoms with van der Waals surface area (Å²) in [6.45, 7) is 7.67. The second kappa shape index (κ2) is 10.9. The number of esters is 1. The molecule has 32 heavy (non-hydrogen) atoms. The Hall–Kier alpha value is -2.52. The molecule has 0 radical (unpaired) electrons. The third-order valence-corrected chi connectivity index (χ3v) is 10.5. The minimum Gasteiger partial charge on any atom is -0.467 e. The van der Waals surface area contributed by atoms with Crippen molar-refractivity contribution in [3.8, 4) is 0 Å². The molecule has 0 aliphatic carbocycles. The Morgan fingerprint density at radius 2 is 1.50 bits per heavy atom. The lowest BCUT2D eigenvalue weighted by molar-refractivity contribution is -0.146. The molecule has 1 amide bonds. The molecular formula is C24H34N2O5Si. The molecule has 0 aromatic heterocycles. The van der Waals surface area contributed by atoms with Crippen LogP contribution in [0.1, 0.15) is 27.7 Å². The highest BCUT2D eigenvalue weighted by Crippen LogP contribution is 2.36. The van der Waals surface area contributed by atoms with Gasteiger partial charge in [0.2, 0.25) is 5.91 Å². The van der Waals surface area contributed by atoms with Crippen molar-refractivity contribution >= 4 is 30.6 Å². The standard InChI is InChI=1S/C24H34N2O5Si/c1-17(27)21(25)22(28)26-20(23(29)30-5)16-31-32(24(2,3)4,18-12-8-6-9-13-18)19-14-10-7-11-15-19/h6-15,17,20-21,27H,16,25H2,1-5H3,(H,26,28)/t17-,20-,21+/m1/s1. The Bertz CT molecular complexity index is 845. The number of carbonyl (C=O) groups is 2. The molecule has 8 heteroatoms. The van der Waals surface area contributed by atoms with Gasteiger partial charge >= 0.3 is 5.97 Å². The van der Waals surface area contributed by atoms with Crippen LogP contribution in [0.3, 0.4) is 0 Å². The smallest absolute Gasteiger partial charge is 0.330 e. The van der Waals surface area contributed by atoms with Gasteiger partial charge in [-0.2, -0.15) is 0 Å². The molecule has 0 aliphatic heterocycles. The third-order valence-electron chi connectivity index (χ3n) is 5.51. The van der Waals surface area contributed by atoms with Crippen LogP contribution >= 0.6 is 0 Å². The summed E-state index contributed by atoms with van der Waals surface area (Å²) in [6.07, 6.45) is -1.06. The number of methoxy groups -OCH3 is 1. The molecule has 0 aliphatic rings. The van der Waals surface area contributed by atoms with Gasteiger partial charge in [-0.15, -0.1) is 0 Å². The van der Waals surface area contributed by atoms with Gasteiger partial charge in [-0.25, -0.2) is 4.79 Å². The van der Waals surface area contributed by atoms with Crippen molar-refractivity contribution < 1.29 is 23.9 Å². The number of nitrogens with one attached hydrogen (secondary N) is 1. The quantitative estimate of drug-likeness (QED) is 0.381. The maximum Gasteiger partial charge on any atom is 0.330 e. The predicted octanol–water partition coefficient (Wildman–Crippen LogP) is 0.929. The van der Waals surface area contributed by atoms with E-state index in [1.54, 1.807) is 0 Å². The number of carbonyl (C=O) groups excluding carboxylic acids is 2. The zero-order valence-corrected chi connectivity index (χ0v) is 20.4. The van der Waals surface area contributed by atoms with Crippen LogP contribution in [0.5, 0.6) is 0 Å². The fraction of sp³-hybridized carbons (Fsp3) is 0.417. The molecule has 0 heterocycles. The topological polar surface area (TPSA) is 111 Å². The molecule has 0 fully saturated rings. The normalized spacial score (nSPS) is 14.8. The SMILES string of the molecule is COC(=O)[C@@H](CO[Si](c1ccccc1)(c1ccccc1)C(C)(C)C)NC(=O)[C@@H](N)[C@@H](C)O. The third kappa shape index (κ3) is 5.63. The maximum absolute atomic E-state index is 12.5. The fourth-order valence-electron chi connectivity index (χ4n) is 3.77. The van der Waals surface area contributed by atoms with Crippen molar-refractivity contribution in [3.05, 3.63) is 60.7 Å². The Morgan fingerprint density at radius 3 is 1.88 bits per heavy atom. The fourth-order valence-corrected chi connectivity index (χ4v) is 8.34. The van der Waals surface area contributed by atoms with Crippen molar-refractivity contribution in [2.24, 2.45) is 5.73 Å². The highest BCUT2D eigenvalue weighted by molar-refractivity contribution is 6.99. The van der Waals surface area contributed by atoms with Crippen LogP contribution in [0, 0.1) is 0 Å². The van der Waals surface area contributed by atoms with E-state index in [1.165, 1.54) is 14.0 Å². The van der Waals surface area contributed by atoms with Crippen LogP contribution in [0.2, 0.25) is 5.04 Å². The summed E-state index contributed by atoms with van der Waals surface area (Å²) in [5, 5.41) is 14.0. The molecule has 0 spiro atoms. The number of rotatable bonds is 9. The molecule has 0 saturated carbocycles. The average molecular weight is 459 g/mol. The van der Waals surface area contributed by atoms with Gasteiger partial charge < -0.3 is 25.3 Å². The van der Waals surface area contributed by atoms with Crippen LogP contribution in [0.25, 0.3) is 0 Å². The van der Waals surface area contributed by atoms with Gasteiger partial charge in [0.25, 0.3) is 8.32 Å². The number of hydrogen-bond donors (Lipinski definition) is 3. The van der Waals surface area contributed by atoms with Gasteiger partial charge in [0, 0.05) is 0 Å². The van der Waals surface area contributed by atoms with E-state index in [9.17, 15) is 14.7 Å². The molecule has 0 bridgehead atoms. The lowest BCUT2D eigenvalue weighted by Crippen LogP contribution is -2.68. The van der Waals surface area contributed by atoms with Crippen LogP contribution in [-0.2, 0) is 18.8 Å². The van der Waals surface area contributed by atoms with E-state index in [-0.39, 0.29) is 11.6 Å². The molecule has 4 N–H and O–H groups in total. The number of ether oxygens (including phenoxy) is 1. The molecule has 2 aromatic rings. The van der Waals surface area contributed by atoms with Crippen LogP contribution in [-0.4, -0.2) is 57.2 Å². The number of nitrogens with two attached hydrogens (primary N) is 1. The van der Waals surface area contributed by atoms with Gasteiger partial charge in [0.05, 0.1) is 19.8 Å². The van der Waals surface area contributed by atoms with E-state index in [2.05, 4.69) is 26.1 Å². The number of benzene rings is 2. The minimum atomic E-state index is -2.91. The lowest BCUT2D eigenvalue weighted by atomic mass is 10.1. The van der Waals surface area contributed by atoms with E-state index in [0.717, 1.165) is 10.4 Å².